The monoisotopic (exact) mass is 463 g/mol. The number of non-ortho nitro benzene ring substituents is 1. The summed E-state index contributed by atoms with van der Waals surface area (Å²) in [5, 5.41) is 14.4. The Bertz CT molecular complexity index is 1570. The molecule has 170 valence electrons. The summed E-state index contributed by atoms with van der Waals surface area (Å²) in [4.78, 5) is 28.2. The van der Waals surface area contributed by atoms with E-state index in [0.717, 1.165) is 22.1 Å². The SMILES string of the molecule is O=C(Nc1ccccc1F)c1ccc2nc(-c3ccc([N+](=O)[O-])cc3)cc(-c3ccccc3)c2c1. The van der Waals surface area contributed by atoms with Crippen LogP contribution in [0.1, 0.15) is 10.4 Å². The van der Waals surface area contributed by atoms with E-state index >= 15 is 0 Å². The van der Waals surface area contributed by atoms with E-state index in [4.69, 9.17) is 4.98 Å². The zero-order valence-electron chi connectivity index (χ0n) is 18.3. The van der Waals surface area contributed by atoms with E-state index in [1.165, 1.54) is 24.3 Å². The molecule has 4 aromatic carbocycles. The number of amides is 1. The molecule has 0 saturated heterocycles. The van der Waals surface area contributed by atoms with Crippen molar-refractivity contribution in [1.82, 2.24) is 4.98 Å². The molecule has 0 fully saturated rings. The van der Waals surface area contributed by atoms with Crippen molar-refractivity contribution in [3.05, 3.63) is 125 Å². The summed E-state index contributed by atoms with van der Waals surface area (Å²) < 4.78 is 14.0. The van der Waals surface area contributed by atoms with E-state index < -0.39 is 16.6 Å². The maximum absolute atomic E-state index is 14.0. The van der Waals surface area contributed by atoms with E-state index in [1.54, 1.807) is 42.5 Å². The largest absolute Gasteiger partial charge is 0.319 e. The molecule has 5 aromatic rings. The number of anilines is 1. The lowest BCUT2D eigenvalue weighted by Crippen LogP contribution is -2.13. The third-order valence-electron chi connectivity index (χ3n) is 5.65. The standard InChI is InChI=1S/C28H18FN3O3/c29-24-8-4-5-9-26(24)31-28(33)20-12-15-25-23(16-20)22(18-6-2-1-3-7-18)17-27(30-25)19-10-13-21(14-11-19)32(34)35/h1-17H,(H,31,33). The fraction of sp³-hybridized carbons (Fsp3) is 0. The van der Waals surface area contributed by atoms with Crippen molar-refractivity contribution in [3.63, 3.8) is 0 Å². The number of rotatable bonds is 5. The van der Waals surface area contributed by atoms with E-state index in [1.807, 2.05) is 36.4 Å². The summed E-state index contributed by atoms with van der Waals surface area (Å²) >= 11 is 0. The van der Waals surface area contributed by atoms with Gasteiger partial charge in [-0.1, -0.05) is 42.5 Å². The first-order chi connectivity index (χ1) is 17.0. The fourth-order valence-electron chi connectivity index (χ4n) is 3.88. The second-order valence-corrected chi connectivity index (χ2v) is 7.89. The molecule has 1 amide bonds. The molecule has 1 aromatic heterocycles. The summed E-state index contributed by atoms with van der Waals surface area (Å²) in [5.74, 6) is -0.948. The van der Waals surface area contributed by atoms with E-state index in [0.29, 0.717) is 16.8 Å². The summed E-state index contributed by atoms with van der Waals surface area (Å²) in [5.41, 5.74) is 4.28. The van der Waals surface area contributed by atoms with Gasteiger partial charge in [-0.15, -0.1) is 0 Å². The van der Waals surface area contributed by atoms with Gasteiger partial charge in [-0.05, 0) is 59.7 Å². The highest BCUT2D eigenvalue weighted by Crippen LogP contribution is 2.33. The van der Waals surface area contributed by atoms with Crippen molar-refractivity contribution < 1.29 is 14.1 Å². The van der Waals surface area contributed by atoms with E-state index in [-0.39, 0.29) is 11.4 Å². The number of benzene rings is 4. The van der Waals surface area contributed by atoms with Crippen LogP contribution in [0.2, 0.25) is 0 Å². The quantitative estimate of drug-likeness (QED) is 0.228. The summed E-state index contributed by atoms with van der Waals surface area (Å²) in [6.07, 6.45) is 0. The normalized spacial score (nSPS) is 10.8. The highest BCUT2D eigenvalue weighted by molar-refractivity contribution is 6.08. The molecule has 0 radical (unpaired) electrons. The van der Waals surface area contributed by atoms with Crippen LogP contribution in [-0.2, 0) is 0 Å². The van der Waals surface area contributed by atoms with Gasteiger partial charge in [0, 0.05) is 28.6 Å². The molecular weight excluding hydrogens is 445 g/mol. The second-order valence-electron chi connectivity index (χ2n) is 7.89. The van der Waals surface area contributed by atoms with Gasteiger partial charge < -0.3 is 5.32 Å². The number of nitrogens with one attached hydrogen (secondary N) is 1. The van der Waals surface area contributed by atoms with Gasteiger partial charge in [-0.2, -0.15) is 0 Å². The van der Waals surface area contributed by atoms with Crippen molar-refractivity contribution in [2.24, 2.45) is 0 Å². The molecule has 0 saturated carbocycles. The summed E-state index contributed by atoms with van der Waals surface area (Å²) in [7, 11) is 0. The Morgan fingerprint density at radius 2 is 1.54 bits per heavy atom. The van der Waals surface area contributed by atoms with Crippen LogP contribution in [-0.4, -0.2) is 15.8 Å². The Kier molecular flexibility index (Phi) is 5.73. The summed E-state index contributed by atoms with van der Waals surface area (Å²) in [6, 6.07) is 28.9. The van der Waals surface area contributed by atoms with Gasteiger partial charge in [0.2, 0.25) is 0 Å². The number of para-hydroxylation sites is 1. The number of nitro benzene ring substituents is 1. The predicted molar refractivity (Wildman–Crippen MR) is 134 cm³/mol. The third-order valence-corrected chi connectivity index (χ3v) is 5.65. The van der Waals surface area contributed by atoms with Crippen LogP contribution in [0.4, 0.5) is 15.8 Å². The Hall–Kier alpha value is -4.91. The number of hydrogen-bond donors (Lipinski definition) is 1. The van der Waals surface area contributed by atoms with Crippen LogP contribution in [0, 0.1) is 15.9 Å². The molecule has 0 spiro atoms. The number of carbonyl (C=O) groups excluding carboxylic acids is 1. The lowest BCUT2D eigenvalue weighted by atomic mass is 9.97. The number of nitrogens with zero attached hydrogens (tertiary/aromatic N) is 2. The Morgan fingerprint density at radius 3 is 2.26 bits per heavy atom. The van der Waals surface area contributed by atoms with Crippen LogP contribution in [0.5, 0.6) is 0 Å². The van der Waals surface area contributed by atoms with Gasteiger partial charge in [0.15, 0.2) is 0 Å². The van der Waals surface area contributed by atoms with Crippen molar-refractivity contribution in [2.75, 3.05) is 5.32 Å². The van der Waals surface area contributed by atoms with E-state index in [9.17, 15) is 19.3 Å². The van der Waals surface area contributed by atoms with Gasteiger partial charge in [0.05, 0.1) is 21.8 Å². The zero-order chi connectivity index (χ0) is 24.4. The highest BCUT2D eigenvalue weighted by atomic mass is 19.1. The minimum Gasteiger partial charge on any atom is -0.319 e. The fourth-order valence-corrected chi connectivity index (χ4v) is 3.88. The number of nitro groups is 1. The van der Waals surface area contributed by atoms with Crippen LogP contribution in [0.3, 0.4) is 0 Å². The van der Waals surface area contributed by atoms with Gasteiger partial charge >= 0.3 is 0 Å². The van der Waals surface area contributed by atoms with Crippen molar-refractivity contribution in [2.45, 2.75) is 0 Å². The van der Waals surface area contributed by atoms with Gasteiger partial charge in [0.1, 0.15) is 5.82 Å². The highest BCUT2D eigenvalue weighted by Gasteiger charge is 2.15. The zero-order valence-corrected chi connectivity index (χ0v) is 18.3. The number of pyridine rings is 1. The maximum atomic E-state index is 14.0. The molecule has 6 nitrogen and oxygen atoms in total. The molecule has 35 heavy (non-hydrogen) atoms. The Balaban J connectivity index is 1.61. The molecule has 0 aliphatic carbocycles. The first-order valence-electron chi connectivity index (χ1n) is 10.8. The third kappa shape index (κ3) is 4.47. The smallest absolute Gasteiger partial charge is 0.269 e. The van der Waals surface area contributed by atoms with Crippen molar-refractivity contribution in [1.29, 1.82) is 0 Å². The molecule has 0 bridgehead atoms. The van der Waals surface area contributed by atoms with Crippen LogP contribution < -0.4 is 5.32 Å². The molecule has 0 atom stereocenters. The molecule has 1 heterocycles. The minimum atomic E-state index is -0.513. The molecule has 0 unspecified atom stereocenters. The van der Waals surface area contributed by atoms with Gasteiger partial charge in [-0.25, -0.2) is 9.37 Å². The summed E-state index contributed by atoms with van der Waals surface area (Å²) in [6.45, 7) is 0. The molecule has 0 aliphatic rings. The lowest BCUT2D eigenvalue weighted by Gasteiger charge is -2.12. The van der Waals surface area contributed by atoms with E-state index in [2.05, 4.69) is 5.32 Å². The number of hydrogen-bond acceptors (Lipinski definition) is 4. The topological polar surface area (TPSA) is 85.1 Å². The van der Waals surface area contributed by atoms with Gasteiger partial charge in [-0.3, -0.25) is 14.9 Å². The Labute approximate surface area is 199 Å². The van der Waals surface area contributed by atoms with Crippen LogP contribution in [0.25, 0.3) is 33.3 Å². The molecule has 7 heteroatoms. The van der Waals surface area contributed by atoms with Crippen LogP contribution in [0.15, 0.2) is 103 Å². The molecule has 5 rings (SSSR count). The maximum Gasteiger partial charge on any atom is 0.269 e. The Morgan fingerprint density at radius 1 is 0.829 bits per heavy atom. The minimum absolute atomic E-state index is 0.00308. The average Bonchev–Trinajstić information content (AvgIpc) is 2.89. The number of aromatic nitrogens is 1. The lowest BCUT2D eigenvalue weighted by molar-refractivity contribution is -0.384. The molecule has 0 aliphatic heterocycles. The van der Waals surface area contributed by atoms with Gasteiger partial charge in [0.25, 0.3) is 11.6 Å². The number of carbonyl (C=O) groups is 1. The molecule has 1 N–H and O–H groups in total. The van der Waals surface area contributed by atoms with Crippen molar-refractivity contribution in [3.8, 4) is 22.4 Å². The second kappa shape index (κ2) is 9.15. The average molecular weight is 463 g/mol. The van der Waals surface area contributed by atoms with Crippen LogP contribution >= 0.6 is 0 Å². The number of halogens is 1. The molecular formula is C28H18FN3O3. The first kappa shape index (κ1) is 21.9. The predicted octanol–water partition coefficient (Wildman–Crippen LogP) is 6.87. The van der Waals surface area contributed by atoms with Crippen molar-refractivity contribution >= 4 is 28.2 Å². The number of fused-ring (bicyclic) bond motifs is 1. The first-order valence-corrected chi connectivity index (χ1v) is 10.8.